The van der Waals surface area contributed by atoms with Crippen LogP contribution in [0.4, 0.5) is 0 Å². The number of allylic oxidation sites excluding steroid dienone is 1. The summed E-state index contributed by atoms with van der Waals surface area (Å²) in [6.45, 7) is 13.8. The summed E-state index contributed by atoms with van der Waals surface area (Å²) in [5, 5.41) is 0. The zero-order chi connectivity index (χ0) is 21.6. The summed E-state index contributed by atoms with van der Waals surface area (Å²) in [6.07, 6.45) is 6.27. The Labute approximate surface area is 175 Å². The van der Waals surface area contributed by atoms with Crippen LogP contribution in [0.25, 0.3) is 0 Å². The molecule has 3 unspecified atom stereocenters. The normalized spacial score (nSPS) is 44.0. The topological polar surface area (TPSA) is 61.8 Å². The molecule has 0 radical (unpaired) electrons. The van der Waals surface area contributed by atoms with Gasteiger partial charge in [-0.1, -0.05) is 25.5 Å². The van der Waals surface area contributed by atoms with Crippen LogP contribution in [0, 0.1) is 23.7 Å². The lowest BCUT2D eigenvalue weighted by Gasteiger charge is -2.50. The molecule has 0 amide bonds. The van der Waals surface area contributed by atoms with E-state index in [1.165, 1.54) is 19.4 Å². The maximum absolute atomic E-state index is 12.0. The van der Waals surface area contributed by atoms with E-state index in [0.717, 1.165) is 32.1 Å². The van der Waals surface area contributed by atoms with Crippen LogP contribution < -0.4 is 0 Å². The van der Waals surface area contributed by atoms with Gasteiger partial charge in [-0.15, -0.1) is 0 Å². The van der Waals surface area contributed by atoms with Crippen molar-refractivity contribution in [1.29, 1.82) is 0 Å². The molecule has 29 heavy (non-hydrogen) atoms. The van der Waals surface area contributed by atoms with E-state index in [4.69, 9.17) is 14.2 Å². The van der Waals surface area contributed by atoms with Crippen LogP contribution in [0.5, 0.6) is 0 Å². The molecular formula is C24H38O5. The maximum Gasteiger partial charge on any atom is 0.303 e. The lowest BCUT2D eigenvalue weighted by Crippen LogP contribution is -2.56. The first-order chi connectivity index (χ1) is 13.5. The molecule has 2 fully saturated rings. The van der Waals surface area contributed by atoms with Gasteiger partial charge in [0.05, 0.1) is 6.10 Å². The molecule has 1 saturated carbocycles. The number of fused-ring (bicyclic) bond motifs is 5. The van der Waals surface area contributed by atoms with Crippen molar-refractivity contribution in [3.63, 3.8) is 0 Å². The molecule has 0 aromatic heterocycles. The summed E-state index contributed by atoms with van der Waals surface area (Å²) < 4.78 is 18.7. The fourth-order valence-corrected chi connectivity index (χ4v) is 6.44. The van der Waals surface area contributed by atoms with Gasteiger partial charge in [0.15, 0.2) is 0 Å². The highest BCUT2D eigenvalue weighted by atomic mass is 16.6. The molecule has 2 heterocycles. The van der Waals surface area contributed by atoms with Gasteiger partial charge >= 0.3 is 11.9 Å². The molecule has 3 aliphatic rings. The summed E-state index contributed by atoms with van der Waals surface area (Å²) >= 11 is 0. The van der Waals surface area contributed by atoms with E-state index >= 15 is 0 Å². The van der Waals surface area contributed by atoms with Gasteiger partial charge in [-0.25, -0.2) is 0 Å². The number of esters is 2. The van der Waals surface area contributed by atoms with Crippen LogP contribution in [0.3, 0.4) is 0 Å². The van der Waals surface area contributed by atoms with Crippen LogP contribution in [-0.2, 0) is 23.8 Å². The zero-order valence-electron chi connectivity index (χ0n) is 19.1. The average molecular weight is 407 g/mol. The number of hydrogen-bond acceptors (Lipinski definition) is 5. The fraction of sp³-hybridized carbons (Fsp3) is 0.833. The lowest BCUT2D eigenvalue weighted by molar-refractivity contribution is -0.181. The third-order valence-corrected chi connectivity index (χ3v) is 7.53. The molecule has 0 aromatic carbocycles. The predicted molar refractivity (Wildman–Crippen MR) is 111 cm³/mol. The molecule has 3 rings (SSSR count). The lowest BCUT2D eigenvalue weighted by atomic mass is 9.57. The summed E-state index contributed by atoms with van der Waals surface area (Å²) in [4.78, 5) is 24.0. The highest BCUT2D eigenvalue weighted by Crippen LogP contribution is 2.57. The van der Waals surface area contributed by atoms with E-state index in [1.54, 1.807) is 0 Å². The Morgan fingerprint density at radius 2 is 1.72 bits per heavy atom. The van der Waals surface area contributed by atoms with E-state index in [2.05, 4.69) is 33.8 Å². The second kappa shape index (κ2) is 8.05. The van der Waals surface area contributed by atoms with Crippen molar-refractivity contribution in [3.05, 3.63) is 11.6 Å². The highest BCUT2D eigenvalue weighted by Gasteiger charge is 2.63. The number of rotatable bonds is 3. The minimum absolute atomic E-state index is 0.0415. The van der Waals surface area contributed by atoms with Crippen molar-refractivity contribution in [1.82, 2.24) is 0 Å². The Kier molecular flexibility index (Phi) is 6.20. The molecule has 0 N–H and O–H groups in total. The van der Waals surface area contributed by atoms with Crippen molar-refractivity contribution in [2.75, 3.05) is 0 Å². The van der Waals surface area contributed by atoms with Gasteiger partial charge in [-0.2, -0.15) is 0 Å². The second-order valence-electron chi connectivity index (χ2n) is 10.3. The molecular weight excluding hydrogens is 368 g/mol. The first-order valence-corrected chi connectivity index (χ1v) is 11.2. The largest absolute Gasteiger partial charge is 0.459 e. The van der Waals surface area contributed by atoms with Gasteiger partial charge in [0, 0.05) is 25.7 Å². The number of ether oxygens (including phenoxy) is 3. The SMILES string of the molecule is CC(=O)OC1(C)CC/C=C(\C)CC2OC1[C@@H]1[C@@H](C(C)C)CC[C@@](C)(OC(C)=O)[C@H]21. The molecule has 7 atom stereocenters. The molecule has 5 heteroatoms. The third-order valence-electron chi connectivity index (χ3n) is 7.53. The molecule has 5 nitrogen and oxygen atoms in total. The predicted octanol–water partition coefficient (Wildman–Crippen LogP) is 4.83. The van der Waals surface area contributed by atoms with Crippen LogP contribution in [0.2, 0.25) is 0 Å². The number of carbonyl (C=O) groups is 2. The Bertz CT molecular complexity index is 683. The van der Waals surface area contributed by atoms with E-state index in [9.17, 15) is 9.59 Å². The van der Waals surface area contributed by atoms with Gasteiger partial charge in [0.1, 0.15) is 17.3 Å². The van der Waals surface area contributed by atoms with Gasteiger partial charge in [-0.05, 0) is 64.7 Å². The van der Waals surface area contributed by atoms with Crippen molar-refractivity contribution in [2.45, 2.75) is 104 Å². The standard InChI is InChI=1S/C24H38O5/c1-14(2)18-10-12-23(6,28-16(4)25)21-19-13-15(3)9-8-11-24(7,29-17(5)26)22(27-19)20(18)21/h9,14,18-22H,8,10-13H2,1-7H3/b15-9+/t18-,19?,20-,21-,22?,23-,24?/m1/s1. The summed E-state index contributed by atoms with van der Waals surface area (Å²) in [6, 6.07) is 0. The molecule has 0 aromatic rings. The monoisotopic (exact) mass is 406 g/mol. The first kappa shape index (κ1) is 22.3. The molecule has 1 saturated heterocycles. The van der Waals surface area contributed by atoms with E-state index in [0.29, 0.717) is 11.8 Å². The highest BCUT2D eigenvalue weighted by molar-refractivity contribution is 5.67. The quantitative estimate of drug-likeness (QED) is 0.496. The van der Waals surface area contributed by atoms with Gasteiger partial charge in [0.25, 0.3) is 0 Å². The maximum atomic E-state index is 12.0. The average Bonchev–Trinajstić information content (AvgIpc) is 2.95. The number of carbonyl (C=O) groups excluding carboxylic acids is 2. The first-order valence-electron chi connectivity index (χ1n) is 11.2. The van der Waals surface area contributed by atoms with E-state index < -0.39 is 11.2 Å². The summed E-state index contributed by atoms with van der Waals surface area (Å²) in [5.74, 6) is 0.698. The summed E-state index contributed by atoms with van der Waals surface area (Å²) in [5.41, 5.74) is 0.0442. The van der Waals surface area contributed by atoms with Crippen LogP contribution in [0.15, 0.2) is 11.6 Å². The van der Waals surface area contributed by atoms with Crippen molar-refractivity contribution >= 4 is 11.9 Å². The minimum Gasteiger partial charge on any atom is -0.459 e. The Morgan fingerprint density at radius 1 is 1.10 bits per heavy atom. The Balaban J connectivity index is 2.11. The second-order valence-corrected chi connectivity index (χ2v) is 10.3. The fourth-order valence-electron chi connectivity index (χ4n) is 6.44. The third kappa shape index (κ3) is 4.26. The van der Waals surface area contributed by atoms with Gasteiger partial charge in [-0.3, -0.25) is 9.59 Å². The van der Waals surface area contributed by atoms with Gasteiger partial charge in [0.2, 0.25) is 0 Å². The smallest absolute Gasteiger partial charge is 0.303 e. The molecule has 1 aliphatic carbocycles. The van der Waals surface area contributed by atoms with Gasteiger partial charge < -0.3 is 14.2 Å². The Morgan fingerprint density at radius 3 is 2.31 bits per heavy atom. The van der Waals surface area contributed by atoms with E-state index in [1.807, 2.05) is 6.92 Å². The summed E-state index contributed by atoms with van der Waals surface area (Å²) in [7, 11) is 0. The molecule has 0 spiro atoms. The molecule has 2 bridgehead atoms. The van der Waals surface area contributed by atoms with Crippen molar-refractivity contribution < 1.29 is 23.8 Å². The zero-order valence-corrected chi connectivity index (χ0v) is 19.1. The van der Waals surface area contributed by atoms with Crippen LogP contribution >= 0.6 is 0 Å². The van der Waals surface area contributed by atoms with Crippen LogP contribution in [0.1, 0.15) is 80.6 Å². The van der Waals surface area contributed by atoms with E-state index in [-0.39, 0.29) is 36.0 Å². The van der Waals surface area contributed by atoms with Crippen LogP contribution in [-0.4, -0.2) is 35.3 Å². The van der Waals surface area contributed by atoms with Crippen molar-refractivity contribution in [2.24, 2.45) is 23.7 Å². The molecule has 2 aliphatic heterocycles. The minimum atomic E-state index is -0.688. The molecule has 164 valence electrons. The number of hydrogen-bond donors (Lipinski definition) is 0. The van der Waals surface area contributed by atoms with Crippen molar-refractivity contribution in [3.8, 4) is 0 Å². The Hall–Kier alpha value is -1.36.